The Morgan fingerprint density at radius 3 is 2.67 bits per heavy atom. The van der Waals surface area contributed by atoms with Crippen LogP contribution in [0.3, 0.4) is 0 Å². The third-order valence-electron chi connectivity index (χ3n) is 2.98. The molecule has 0 spiro atoms. The van der Waals surface area contributed by atoms with Gasteiger partial charge in [-0.3, -0.25) is 0 Å². The van der Waals surface area contributed by atoms with Crippen LogP contribution in [0.5, 0.6) is 0 Å². The van der Waals surface area contributed by atoms with Gasteiger partial charge in [-0.15, -0.1) is 5.10 Å². The van der Waals surface area contributed by atoms with Crippen molar-refractivity contribution in [3.8, 4) is 0 Å². The Bertz CT molecular complexity index is 724. The van der Waals surface area contributed by atoms with E-state index in [1.165, 1.54) is 8.99 Å². The van der Waals surface area contributed by atoms with Crippen molar-refractivity contribution in [2.24, 2.45) is 7.05 Å². The Balaban J connectivity index is 2.37. The van der Waals surface area contributed by atoms with E-state index in [4.69, 9.17) is 5.73 Å². The van der Waals surface area contributed by atoms with E-state index in [1.807, 2.05) is 6.07 Å². The molecule has 1 aromatic carbocycles. The molecular weight excluding hydrogens is 358 g/mol. The molecule has 0 aliphatic carbocycles. The topological polar surface area (TPSA) is 94.1 Å². The van der Waals surface area contributed by atoms with Crippen LogP contribution in [-0.2, 0) is 23.6 Å². The van der Waals surface area contributed by atoms with E-state index in [0.717, 1.165) is 5.56 Å². The van der Waals surface area contributed by atoms with Crippen molar-refractivity contribution in [2.75, 3.05) is 12.3 Å². The van der Waals surface area contributed by atoms with Gasteiger partial charge in [0.15, 0.2) is 4.60 Å². The van der Waals surface area contributed by atoms with Crippen LogP contribution in [0.4, 0.5) is 5.69 Å². The van der Waals surface area contributed by atoms with Gasteiger partial charge >= 0.3 is 0 Å². The molecule has 0 aliphatic rings. The summed E-state index contributed by atoms with van der Waals surface area (Å²) in [6.45, 7) is 2.35. The largest absolute Gasteiger partial charge is 0.399 e. The number of benzene rings is 1. The Labute approximate surface area is 131 Å². The zero-order valence-electron chi connectivity index (χ0n) is 11.7. The molecule has 0 fully saturated rings. The van der Waals surface area contributed by atoms with Gasteiger partial charge in [-0.2, -0.15) is 4.31 Å². The van der Waals surface area contributed by atoms with E-state index in [-0.39, 0.29) is 16.2 Å². The molecule has 9 heteroatoms. The Morgan fingerprint density at radius 1 is 1.43 bits per heavy atom. The van der Waals surface area contributed by atoms with Crippen molar-refractivity contribution in [1.29, 1.82) is 0 Å². The minimum absolute atomic E-state index is 0.0354. The number of nitrogen functional groups attached to an aromatic ring is 1. The van der Waals surface area contributed by atoms with E-state index in [9.17, 15) is 8.42 Å². The lowest BCUT2D eigenvalue weighted by molar-refractivity contribution is 0.416. The molecule has 2 aromatic rings. The molecule has 114 valence electrons. The monoisotopic (exact) mass is 373 g/mol. The lowest BCUT2D eigenvalue weighted by atomic mass is 10.2. The Kier molecular flexibility index (Phi) is 4.64. The third kappa shape index (κ3) is 3.25. The highest BCUT2D eigenvalue weighted by Gasteiger charge is 2.30. The number of aromatic nitrogens is 3. The van der Waals surface area contributed by atoms with Crippen LogP contribution < -0.4 is 5.73 Å². The summed E-state index contributed by atoms with van der Waals surface area (Å²) in [5.41, 5.74) is 7.15. The van der Waals surface area contributed by atoms with Gasteiger partial charge in [-0.1, -0.05) is 24.3 Å². The second-order valence-corrected chi connectivity index (χ2v) is 7.09. The van der Waals surface area contributed by atoms with Gasteiger partial charge < -0.3 is 5.73 Å². The minimum Gasteiger partial charge on any atom is -0.399 e. The van der Waals surface area contributed by atoms with Gasteiger partial charge in [0.25, 0.3) is 10.0 Å². The summed E-state index contributed by atoms with van der Waals surface area (Å²) in [7, 11) is -2.16. The Morgan fingerprint density at radius 2 is 2.14 bits per heavy atom. The number of rotatable bonds is 5. The van der Waals surface area contributed by atoms with Crippen molar-refractivity contribution < 1.29 is 8.42 Å². The summed E-state index contributed by atoms with van der Waals surface area (Å²) in [5, 5.41) is 7.47. The van der Waals surface area contributed by atoms with Crippen molar-refractivity contribution in [2.45, 2.75) is 18.5 Å². The van der Waals surface area contributed by atoms with Crippen LogP contribution in [0.2, 0.25) is 0 Å². The fraction of sp³-hybridized carbons (Fsp3) is 0.333. The fourth-order valence-electron chi connectivity index (χ4n) is 1.98. The number of nitrogens with two attached hydrogens (primary N) is 1. The fourth-order valence-corrected chi connectivity index (χ4v) is 4.45. The summed E-state index contributed by atoms with van der Waals surface area (Å²) in [6, 6.07) is 7.16. The zero-order chi connectivity index (χ0) is 15.6. The summed E-state index contributed by atoms with van der Waals surface area (Å²) in [4.78, 5) is 0. The van der Waals surface area contributed by atoms with E-state index in [1.54, 1.807) is 32.2 Å². The highest BCUT2D eigenvalue weighted by atomic mass is 79.9. The van der Waals surface area contributed by atoms with Crippen molar-refractivity contribution in [3.63, 3.8) is 0 Å². The number of hydrogen-bond donors (Lipinski definition) is 1. The zero-order valence-corrected chi connectivity index (χ0v) is 14.1. The normalized spacial score (nSPS) is 12.0. The molecule has 7 nitrogen and oxygen atoms in total. The second-order valence-electron chi connectivity index (χ2n) is 4.49. The average molecular weight is 374 g/mol. The lowest BCUT2D eigenvalue weighted by Crippen LogP contribution is -2.32. The number of anilines is 1. The molecule has 21 heavy (non-hydrogen) atoms. The number of halogens is 1. The van der Waals surface area contributed by atoms with E-state index >= 15 is 0 Å². The minimum atomic E-state index is -3.70. The number of sulfonamides is 1. The molecular formula is C12H16BrN5O2S. The third-order valence-corrected chi connectivity index (χ3v) is 5.79. The van der Waals surface area contributed by atoms with Crippen LogP contribution in [0.25, 0.3) is 0 Å². The summed E-state index contributed by atoms with van der Waals surface area (Å²) >= 11 is 3.13. The number of nitrogens with zero attached hydrogens (tertiary/aromatic N) is 4. The molecule has 0 amide bonds. The molecule has 2 rings (SSSR count). The maximum absolute atomic E-state index is 12.7. The van der Waals surface area contributed by atoms with Crippen LogP contribution in [0, 0.1) is 0 Å². The SMILES string of the molecule is CCN(Cc1cccc(N)c1)S(=O)(=O)c1c(Br)nnn1C. The van der Waals surface area contributed by atoms with Gasteiger partial charge in [0, 0.05) is 25.8 Å². The van der Waals surface area contributed by atoms with Crippen LogP contribution in [0.1, 0.15) is 12.5 Å². The number of aryl methyl sites for hydroxylation is 1. The first-order chi connectivity index (χ1) is 9.86. The molecule has 2 N–H and O–H groups in total. The van der Waals surface area contributed by atoms with Crippen LogP contribution in [0.15, 0.2) is 33.9 Å². The number of hydrogen-bond acceptors (Lipinski definition) is 5. The molecule has 0 saturated heterocycles. The highest BCUT2D eigenvalue weighted by Crippen LogP contribution is 2.23. The van der Waals surface area contributed by atoms with Crippen molar-refractivity contribution >= 4 is 31.6 Å². The first-order valence-corrected chi connectivity index (χ1v) is 8.49. The molecule has 1 aromatic heterocycles. The average Bonchev–Trinajstić information content (AvgIpc) is 2.76. The van der Waals surface area contributed by atoms with E-state index in [2.05, 4.69) is 26.2 Å². The Hall–Kier alpha value is -1.45. The van der Waals surface area contributed by atoms with Crippen molar-refractivity contribution in [1.82, 2.24) is 19.3 Å². The molecule has 1 heterocycles. The molecule has 0 unspecified atom stereocenters. The van der Waals surface area contributed by atoms with Gasteiger partial charge in [0.1, 0.15) is 0 Å². The predicted octanol–water partition coefficient (Wildman–Crippen LogP) is 1.37. The molecule has 0 saturated carbocycles. The first-order valence-electron chi connectivity index (χ1n) is 6.26. The molecule has 0 radical (unpaired) electrons. The van der Waals surface area contributed by atoms with E-state index in [0.29, 0.717) is 12.2 Å². The highest BCUT2D eigenvalue weighted by molar-refractivity contribution is 9.10. The van der Waals surface area contributed by atoms with Gasteiger partial charge in [-0.05, 0) is 33.6 Å². The van der Waals surface area contributed by atoms with Crippen LogP contribution >= 0.6 is 15.9 Å². The van der Waals surface area contributed by atoms with Crippen LogP contribution in [-0.4, -0.2) is 34.3 Å². The summed E-state index contributed by atoms with van der Waals surface area (Å²) < 4.78 is 28.2. The predicted molar refractivity (Wildman–Crippen MR) is 82.8 cm³/mol. The quantitative estimate of drug-likeness (QED) is 0.798. The van der Waals surface area contributed by atoms with Crippen molar-refractivity contribution in [3.05, 3.63) is 34.4 Å². The summed E-state index contributed by atoms with van der Waals surface area (Å²) in [6.07, 6.45) is 0. The molecule has 0 bridgehead atoms. The van der Waals surface area contributed by atoms with Gasteiger partial charge in [0.05, 0.1) is 0 Å². The van der Waals surface area contributed by atoms with Gasteiger partial charge in [-0.25, -0.2) is 13.1 Å². The molecule has 0 aliphatic heterocycles. The maximum atomic E-state index is 12.7. The molecule has 0 atom stereocenters. The second kappa shape index (κ2) is 6.12. The lowest BCUT2D eigenvalue weighted by Gasteiger charge is -2.20. The first kappa shape index (κ1) is 15.9. The summed E-state index contributed by atoms with van der Waals surface area (Å²) in [5.74, 6) is 0. The smallest absolute Gasteiger partial charge is 0.263 e. The standard InChI is InChI=1S/C12H16BrN5O2S/c1-3-18(8-9-5-4-6-10(14)7-9)21(19,20)12-11(13)15-16-17(12)2/h4-7H,3,8,14H2,1-2H3. The maximum Gasteiger partial charge on any atom is 0.263 e. The van der Waals surface area contributed by atoms with E-state index < -0.39 is 10.0 Å². The van der Waals surface area contributed by atoms with Gasteiger partial charge in [0.2, 0.25) is 5.03 Å².